The van der Waals surface area contributed by atoms with Crippen LogP contribution in [0.15, 0.2) is 0 Å². The summed E-state index contributed by atoms with van der Waals surface area (Å²) in [4.78, 5) is 2.35. The van der Waals surface area contributed by atoms with Gasteiger partial charge < -0.3 is 20.1 Å². The van der Waals surface area contributed by atoms with Crippen molar-refractivity contribution in [2.45, 2.75) is 26.4 Å². The molecule has 0 aromatic rings. The van der Waals surface area contributed by atoms with Crippen LogP contribution >= 0.6 is 0 Å². The Hall–Kier alpha value is -0.160. The summed E-state index contributed by atoms with van der Waals surface area (Å²) in [6.07, 6.45) is 1.20. The van der Waals surface area contributed by atoms with E-state index in [-0.39, 0.29) is 6.10 Å². The number of ether oxygens (including phenoxy) is 2. The van der Waals surface area contributed by atoms with Gasteiger partial charge in [0.05, 0.1) is 12.7 Å². The first-order valence-corrected chi connectivity index (χ1v) is 5.81. The van der Waals surface area contributed by atoms with Crippen LogP contribution in [0.3, 0.4) is 0 Å². The van der Waals surface area contributed by atoms with Crippen molar-refractivity contribution in [3.05, 3.63) is 0 Å². The molecule has 0 aromatic heterocycles. The topological polar surface area (TPSA) is 47.7 Å². The van der Waals surface area contributed by atoms with Gasteiger partial charge in [-0.1, -0.05) is 6.92 Å². The summed E-state index contributed by atoms with van der Waals surface area (Å²) in [5, 5.41) is 0. The van der Waals surface area contributed by atoms with Gasteiger partial charge in [-0.25, -0.2) is 0 Å². The van der Waals surface area contributed by atoms with Crippen molar-refractivity contribution < 1.29 is 9.47 Å². The first-order valence-electron chi connectivity index (χ1n) is 5.81. The number of hydrogen-bond acceptors (Lipinski definition) is 4. The summed E-state index contributed by atoms with van der Waals surface area (Å²) < 4.78 is 10.6. The number of rotatable bonds is 10. The zero-order valence-corrected chi connectivity index (χ0v) is 10.4. The highest BCUT2D eigenvalue weighted by atomic mass is 16.5. The van der Waals surface area contributed by atoms with E-state index in [2.05, 4.69) is 11.8 Å². The predicted molar refractivity (Wildman–Crippen MR) is 63.1 cm³/mol. The highest BCUT2D eigenvalue weighted by molar-refractivity contribution is 4.63. The Morgan fingerprint density at radius 3 is 2.47 bits per heavy atom. The molecule has 15 heavy (non-hydrogen) atoms. The first kappa shape index (κ1) is 14.8. The van der Waals surface area contributed by atoms with E-state index in [4.69, 9.17) is 15.2 Å². The van der Waals surface area contributed by atoms with E-state index in [1.807, 2.05) is 6.92 Å². The summed E-state index contributed by atoms with van der Waals surface area (Å²) in [5.41, 5.74) is 5.62. The van der Waals surface area contributed by atoms with Crippen LogP contribution in [0.25, 0.3) is 0 Å². The van der Waals surface area contributed by atoms with Crippen LogP contribution < -0.4 is 5.73 Å². The molecule has 4 nitrogen and oxygen atoms in total. The zero-order chi connectivity index (χ0) is 11.5. The third-order valence-electron chi connectivity index (χ3n) is 2.49. The molecule has 0 rings (SSSR count). The van der Waals surface area contributed by atoms with Gasteiger partial charge >= 0.3 is 0 Å². The SMILES string of the molecule is CCOC(CN)CCN(CC)CCOC. The quantitative estimate of drug-likeness (QED) is 0.586. The van der Waals surface area contributed by atoms with Crippen LogP contribution in [-0.4, -0.2) is 57.5 Å². The Balaban J connectivity index is 3.66. The maximum absolute atomic E-state index is 5.62. The van der Waals surface area contributed by atoms with Crippen LogP contribution in [0.4, 0.5) is 0 Å². The highest BCUT2D eigenvalue weighted by Crippen LogP contribution is 2.00. The van der Waals surface area contributed by atoms with Crippen molar-refractivity contribution in [2.24, 2.45) is 5.73 Å². The second-order valence-corrected chi connectivity index (χ2v) is 3.53. The van der Waals surface area contributed by atoms with E-state index in [0.717, 1.165) is 39.3 Å². The average Bonchev–Trinajstić information content (AvgIpc) is 2.27. The first-order chi connectivity index (χ1) is 7.28. The molecule has 0 aliphatic carbocycles. The summed E-state index contributed by atoms with van der Waals surface area (Å²) in [7, 11) is 1.73. The van der Waals surface area contributed by atoms with Crippen LogP contribution in [-0.2, 0) is 9.47 Å². The normalized spacial score (nSPS) is 13.4. The van der Waals surface area contributed by atoms with Gasteiger partial charge in [0.2, 0.25) is 0 Å². The largest absolute Gasteiger partial charge is 0.383 e. The van der Waals surface area contributed by atoms with E-state index in [1.54, 1.807) is 7.11 Å². The lowest BCUT2D eigenvalue weighted by Gasteiger charge is -2.22. The Bertz CT molecular complexity index is 134. The van der Waals surface area contributed by atoms with Crippen LogP contribution in [0.1, 0.15) is 20.3 Å². The van der Waals surface area contributed by atoms with Gasteiger partial charge in [0.1, 0.15) is 0 Å². The fourth-order valence-electron chi connectivity index (χ4n) is 1.48. The molecule has 0 heterocycles. The monoisotopic (exact) mass is 218 g/mol. The Labute approximate surface area is 93.7 Å². The second-order valence-electron chi connectivity index (χ2n) is 3.53. The van der Waals surface area contributed by atoms with Gasteiger partial charge in [-0.15, -0.1) is 0 Å². The van der Waals surface area contributed by atoms with Crippen LogP contribution in [0.5, 0.6) is 0 Å². The summed E-state index contributed by atoms with van der Waals surface area (Å²) in [6.45, 7) is 9.36. The fraction of sp³-hybridized carbons (Fsp3) is 1.00. The second kappa shape index (κ2) is 10.4. The van der Waals surface area contributed by atoms with Crippen molar-refractivity contribution in [2.75, 3.05) is 46.5 Å². The molecule has 0 fully saturated rings. The molecular weight excluding hydrogens is 192 g/mol. The smallest absolute Gasteiger partial charge is 0.0709 e. The molecule has 0 saturated heterocycles. The number of hydrogen-bond donors (Lipinski definition) is 1. The van der Waals surface area contributed by atoms with E-state index in [0.29, 0.717) is 6.54 Å². The predicted octanol–water partition coefficient (Wildman–Crippen LogP) is 0.709. The molecule has 0 spiro atoms. The number of likely N-dealkylation sites (N-methyl/N-ethyl adjacent to an activating group) is 1. The minimum Gasteiger partial charge on any atom is -0.383 e. The third-order valence-corrected chi connectivity index (χ3v) is 2.49. The molecule has 0 bridgehead atoms. The maximum Gasteiger partial charge on any atom is 0.0709 e. The Morgan fingerprint density at radius 2 is 2.00 bits per heavy atom. The number of nitrogens with two attached hydrogens (primary N) is 1. The van der Waals surface area contributed by atoms with Crippen molar-refractivity contribution in [1.29, 1.82) is 0 Å². The lowest BCUT2D eigenvalue weighted by atomic mass is 10.2. The molecule has 0 saturated carbocycles. The number of nitrogens with zero attached hydrogens (tertiary/aromatic N) is 1. The molecule has 92 valence electrons. The van der Waals surface area contributed by atoms with Crippen LogP contribution in [0.2, 0.25) is 0 Å². The molecule has 0 radical (unpaired) electrons. The van der Waals surface area contributed by atoms with Gasteiger partial charge in [-0.05, 0) is 19.9 Å². The molecule has 0 aliphatic heterocycles. The average molecular weight is 218 g/mol. The van der Waals surface area contributed by atoms with Gasteiger partial charge in [0.15, 0.2) is 0 Å². The minimum atomic E-state index is 0.201. The Morgan fingerprint density at radius 1 is 1.27 bits per heavy atom. The summed E-state index contributed by atoms with van der Waals surface area (Å²) >= 11 is 0. The van der Waals surface area contributed by atoms with E-state index in [9.17, 15) is 0 Å². The standard InChI is InChI=1S/C11H26N2O2/c1-4-13(8-9-14-3)7-6-11(10-12)15-5-2/h11H,4-10,12H2,1-3H3. The molecular formula is C11H26N2O2. The lowest BCUT2D eigenvalue weighted by Crippen LogP contribution is -2.33. The van der Waals surface area contributed by atoms with Gasteiger partial charge in [-0.2, -0.15) is 0 Å². The van der Waals surface area contributed by atoms with Gasteiger partial charge in [0.25, 0.3) is 0 Å². The molecule has 0 aromatic carbocycles. The Kier molecular flexibility index (Phi) is 10.3. The zero-order valence-electron chi connectivity index (χ0n) is 10.4. The molecule has 2 N–H and O–H groups in total. The lowest BCUT2D eigenvalue weighted by molar-refractivity contribution is 0.0519. The van der Waals surface area contributed by atoms with Crippen molar-refractivity contribution in [1.82, 2.24) is 4.90 Å². The van der Waals surface area contributed by atoms with Crippen molar-refractivity contribution >= 4 is 0 Å². The van der Waals surface area contributed by atoms with Gasteiger partial charge in [-0.3, -0.25) is 0 Å². The number of methoxy groups -OCH3 is 1. The maximum atomic E-state index is 5.62. The molecule has 1 unspecified atom stereocenters. The van der Waals surface area contributed by atoms with Crippen molar-refractivity contribution in [3.63, 3.8) is 0 Å². The van der Waals surface area contributed by atoms with E-state index in [1.165, 1.54) is 0 Å². The molecule has 4 heteroatoms. The van der Waals surface area contributed by atoms with E-state index >= 15 is 0 Å². The molecule has 0 amide bonds. The highest BCUT2D eigenvalue weighted by Gasteiger charge is 2.08. The summed E-state index contributed by atoms with van der Waals surface area (Å²) in [5.74, 6) is 0. The summed E-state index contributed by atoms with van der Waals surface area (Å²) in [6, 6.07) is 0. The third kappa shape index (κ3) is 7.73. The fourth-order valence-corrected chi connectivity index (χ4v) is 1.48. The minimum absolute atomic E-state index is 0.201. The molecule has 0 aliphatic rings. The van der Waals surface area contributed by atoms with Gasteiger partial charge in [0, 0.05) is 33.4 Å². The molecule has 1 atom stereocenters. The van der Waals surface area contributed by atoms with E-state index < -0.39 is 0 Å². The van der Waals surface area contributed by atoms with Crippen molar-refractivity contribution in [3.8, 4) is 0 Å². The van der Waals surface area contributed by atoms with Crippen LogP contribution in [0, 0.1) is 0 Å².